The topological polar surface area (TPSA) is 67.9 Å². The summed E-state index contributed by atoms with van der Waals surface area (Å²) in [5.74, 6) is 1.30. The number of methoxy groups -OCH3 is 1. The lowest BCUT2D eigenvalue weighted by Crippen LogP contribution is -2.42. The van der Waals surface area contributed by atoms with Crippen LogP contribution in [-0.2, 0) is 16.1 Å². The van der Waals surface area contributed by atoms with E-state index in [1.165, 1.54) is 0 Å². The van der Waals surface area contributed by atoms with Crippen molar-refractivity contribution >= 4 is 11.8 Å². The van der Waals surface area contributed by atoms with E-state index in [9.17, 15) is 9.59 Å². The first-order chi connectivity index (χ1) is 12.1. The predicted octanol–water partition coefficient (Wildman–Crippen LogP) is 2.50. The van der Waals surface area contributed by atoms with Gasteiger partial charge in [0, 0.05) is 19.5 Å². The Kier molecular flexibility index (Phi) is 7.57. The van der Waals surface area contributed by atoms with Crippen molar-refractivity contribution in [3.05, 3.63) is 23.8 Å². The van der Waals surface area contributed by atoms with E-state index in [1.807, 2.05) is 18.2 Å². The van der Waals surface area contributed by atoms with Gasteiger partial charge in [-0.3, -0.25) is 9.59 Å². The summed E-state index contributed by atoms with van der Waals surface area (Å²) in [6, 6.07) is 5.65. The third-order valence-electron chi connectivity index (χ3n) is 4.23. The number of nitrogens with zero attached hydrogens (tertiary/aromatic N) is 1. The molecular weight excluding hydrogens is 320 g/mol. The van der Waals surface area contributed by atoms with Crippen molar-refractivity contribution in [3.8, 4) is 11.5 Å². The number of amides is 2. The largest absolute Gasteiger partial charge is 0.493 e. The summed E-state index contributed by atoms with van der Waals surface area (Å²) in [4.78, 5) is 25.4. The highest BCUT2D eigenvalue weighted by Gasteiger charge is 2.20. The standard InChI is InChI=1S/C19H28N2O4/c1-3-4-11-25-16-9-8-15(12-17(16)24-2)13-20-18(22)14-21-10-6-5-7-19(21)23/h8-9,12H,3-7,10-11,13-14H2,1-2H3,(H,20,22). The molecule has 2 rings (SSSR count). The molecule has 0 spiro atoms. The van der Waals surface area contributed by atoms with E-state index in [0.29, 0.717) is 37.6 Å². The van der Waals surface area contributed by atoms with Gasteiger partial charge in [0.1, 0.15) is 0 Å². The number of piperidine rings is 1. The lowest BCUT2D eigenvalue weighted by Gasteiger charge is -2.26. The summed E-state index contributed by atoms with van der Waals surface area (Å²) in [6.07, 6.45) is 4.51. The Morgan fingerprint density at radius 1 is 1.28 bits per heavy atom. The number of nitrogens with one attached hydrogen (secondary N) is 1. The monoisotopic (exact) mass is 348 g/mol. The maximum atomic E-state index is 12.1. The van der Waals surface area contributed by atoms with E-state index in [0.717, 1.165) is 31.2 Å². The fourth-order valence-electron chi connectivity index (χ4n) is 2.73. The number of hydrogen-bond donors (Lipinski definition) is 1. The molecule has 0 unspecified atom stereocenters. The average molecular weight is 348 g/mol. The molecule has 25 heavy (non-hydrogen) atoms. The van der Waals surface area contributed by atoms with Gasteiger partial charge in [-0.25, -0.2) is 0 Å². The van der Waals surface area contributed by atoms with Crippen LogP contribution in [0.25, 0.3) is 0 Å². The average Bonchev–Trinajstić information content (AvgIpc) is 2.62. The molecule has 0 atom stereocenters. The highest BCUT2D eigenvalue weighted by molar-refractivity contribution is 5.85. The van der Waals surface area contributed by atoms with Gasteiger partial charge in [-0.2, -0.15) is 0 Å². The fraction of sp³-hybridized carbons (Fsp3) is 0.579. The van der Waals surface area contributed by atoms with Gasteiger partial charge in [0.25, 0.3) is 0 Å². The van der Waals surface area contributed by atoms with Crippen LogP contribution in [0.15, 0.2) is 18.2 Å². The summed E-state index contributed by atoms with van der Waals surface area (Å²) in [5.41, 5.74) is 0.929. The molecule has 1 aromatic carbocycles. The molecule has 2 amide bonds. The lowest BCUT2D eigenvalue weighted by atomic mass is 10.1. The van der Waals surface area contributed by atoms with Crippen LogP contribution < -0.4 is 14.8 Å². The fourth-order valence-corrected chi connectivity index (χ4v) is 2.73. The maximum Gasteiger partial charge on any atom is 0.239 e. The number of hydrogen-bond acceptors (Lipinski definition) is 4. The third-order valence-corrected chi connectivity index (χ3v) is 4.23. The molecule has 6 nitrogen and oxygen atoms in total. The second-order valence-corrected chi connectivity index (χ2v) is 6.24. The molecule has 1 N–H and O–H groups in total. The van der Waals surface area contributed by atoms with Gasteiger partial charge in [-0.15, -0.1) is 0 Å². The van der Waals surface area contributed by atoms with Crippen molar-refractivity contribution < 1.29 is 19.1 Å². The number of ether oxygens (including phenoxy) is 2. The molecule has 138 valence electrons. The molecule has 6 heteroatoms. The second kappa shape index (κ2) is 9.91. The van der Waals surface area contributed by atoms with Gasteiger partial charge in [-0.05, 0) is 37.0 Å². The minimum Gasteiger partial charge on any atom is -0.493 e. The predicted molar refractivity (Wildman–Crippen MR) is 95.7 cm³/mol. The number of rotatable bonds is 9. The summed E-state index contributed by atoms with van der Waals surface area (Å²) in [5, 5.41) is 2.86. The summed E-state index contributed by atoms with van der Waals surface area (Å²) < 4.78 is 11.1. The quantitative estimate of drug-likeness (QED) is 0.696. The smallest absolute Gasteiger partial charge is 0.239 e. The lowest BCUT2D eigenvalue weighted by molar-refractivity contribution is -0.137. The van der Waals surface area contributed by atoms with Crippen LogP contribution in [0.5, 0.6) is 11.5 Å². The molecule has 0 aliphatic carbocycles. The van der Waals surface area contributed by atoms with Gasteiger partial charge in [-0.1, -0.05) is 19.4 Å². The Bertz CT molecular complexity index is 589. The number of likely N-dealkylation sites (tertiary alicyclic amines) is 1. The van der Waals surface area contributed by atoms with Crippen molar-refractivity contribution in [3.63, 3.8) is 0 Å². The van der Waals surface area contributed by atoms with E-state index < -0.39 is 0 Å². The van der Waals surface area contributed by atoms with Crippen LogP contribution in [0.1, 0.15) is 44.6 Å². The summed E-state index contributed by atoms with van der Waals surface area (Å²) in [6.45, 7) is 3.97. The van der Waals surface area contributed by atoms with E-state index in [4.69, 9.17) is 9.47 Å². The van der Waals surface area contributed by atoms with Crippen LogP contribution in [0, 0.1) is 0 Å². The molecule has 1 fully saturated rings. The summed E-state index contributed by atoms with van der Waals surface area (Å²) in [7, 11) is 1.60. The maximum absolute atomic E-state index is 12.1. The van der Waals surface area contributed by atoms with Gasteiger partial charge in [0.05, 0.1) is 20.3 Å². The van der Waals surface area contributed by atoms with Crippen molar-refractivity contribution in [1.82, 2.24) is 10.2 Å². The Morgan fingerprint density at radius 3 is 2.84 bits per heavy atom. The molecule has 1 aliphatic heterocycles. The van der Waals surface area contributed by atoms with Gasteiger partial charge < -0.3 is 19.7 Å². The number of carbonyl (C=O) groups is 2. The highest BCUT2D eigenvalue weighted by atomic mass is 16.5. The molecule has 1 saturated heterocycles. The first kappa shape index (κ1) is 19.1. The van der Waals surface area contributed by atoms with E-state index >= 15 is 0 Å². The molecule has 1 aliphatic rings. The van der Waals surface area contributed by atoms with Crippen molar-refractivity contribution in [2.24, 2.45) is 0 Å². The molecule has 1 heterocycles. The second-order valence-electron chi connectivity index (χ2n) is 6.24. The minimum absolute atomic E-state index is 0.0663. The van der Waals surface area contributed by atoms with E-state index in [-0.39, 0.29) is 18.4 Å². The van der Waals surface area contributed by atoms with Crippen molar-refractivity contribution in [2.45, 2.75) is 45.6 Å². The normalized spacial score (nSPS) is 14.3. The Morgan fingerprint density at radius 2 is 2.12 bits per heavy atom. The molecule has 0 bridgehead atoms. The van der Waals surface area contributed by atoms with E-state index in [2.05, 4.69) is 12.2 Å². The van der Waals surface area contributed by atoms with E-state index in [1.54, 1.807) is 12.0 Å². The van der Waals surface area contributed by atoms with Crippen molar-refractivity contribution in [1.29, 1.82) is 0 Å². The Hall–Kier alpha value is -2.24. The number of unbranched alkanes of at least 4 members (excludes halogenated alkanes) is 1. The zero-order valence-corrected chi connectivity index (χ0v) is 15.2. The van der Waals surface area contributed by atoms with Crippen LogP contribution in [-0.4, -0.2) is 43.5 Å². The Labute approximate surface area is 149 Å². The highest BCUT2D eigenvalue weighted by Crippen LogP contribution is 2.28. The van der Waals surface area contributed by atoms with Gasteiger partial charge in [0.15, 0.2) is 11.5 Å². The van der Waals surface area contributed by atoms with Gasteiger partial charge >= 0.3 is 0 Å². The summed E-state index contributed by atoms with van der Waals surface area (Å²) >= 11 is 0. The zero-order chi connectivity index (χ0) is 18.1. The molecular formula is C19H28N2O4. The molecule has 0 aromatic heterocycles. The van der Waals surface area contributed by atoms with Crippen LogP contribution in [0.4, 0.5) is 0 Å². The third kappa shape index (κ3) is 5.96. The van der Waals surface area contributed by atoms with Crippen molar-refractivity contribution in [2.75, 3.05) is 26.8 Å². The number of benzene rings is 1. The van der Waals surface area contributed by atoms with Crippen LogP contribution >= 0.6 is 0 Å². The number of carbonyl (C=O) groups excluding carboxylic acids is 2. The first-order valence-electron chi connectivity index (χ1n) is 8.98. The van der Waals surface area contributed by atoms with Crippen LogP contribution in [0.2, 0.25) is 0 Å². The Balaban J connectivity index is 1.85. The minimum atomic E-state index is -0.141. The molecule has 1 aromatic rings. The van der Waals surface area contributed by atoms with Gasteiger partial charge in [0.2, 0.25) is 11.8 Å². The SMILES string of the molecule is CCCCOc1ccc(CNC(=O)CN2CCCCC2=O)cc1OC. The first-order valence-corrected chi connectivity index (χ1v) is 8.98. The zero-order valence-electron chi connectivity index (χ0n) is 15.2. The molecule has 0 radical (unpaired) electrons. The molecule has 0 saturated carbocycles. The van der Waals surface area contributed by atoms with Crippen LogP contribution in [0.3, 0.4) is 0 Å².